The number of aliphatic hydroxyl groups is 1. The molecule has 2 N–H and O–H groups in total. The summed E-state index contributed by atoms with van der Waals surface area (Å²) in [6.07, 6.45) is 2.97. The zero-order valence-corrected chi connectivity index (χ0v) is 9.96. The fourth-order valence-corrected chi connectivity index (χ4v) is 1.42. The second-order valence-corrected chi connectivity index (χ2v) is 4.49. The predicted molar refractivity (Wildman–Crippen MR) is 62.3 cm³/mol. The highest BCUT2D eigenvalue weighted by atomic mass is 16.3. The van der Waals surface area contributed by atoms with E-state index in [1.807, 2.05) is 6.08 Å². The Hall–Kier alpha value is -0.340. The minimum atomic E-state index is 0.206. The summed E-state index contributed by atoms with van der Waals surface area (Å²) in [6, 6.07) is 0.629. The first-order valence-corrected chi connectivity index (χ1v) is 5.50. The fourth-order valence-electron chi connectivity index (χ4n) is 1.42. The van der Waals surface area contributed by atoms with Crippen LogP contribution in [-0.4, -0.2) is 23.8 Å². The first-order chi connectivity index (χ1) is 6.52. The van der Waals surface area contributed by atoms with E-state index in [0.717, 1.165) is 6.42 Å². The highest BCUT2D eigenvalue weighted by Crippen LogP contribution is 2.11. The molecule has 0 saturated carbocycles. The van der Waals surface area contributed by atoms with E-state index in [-0.39, 0.29) is 12.6 Å². The number of allylic oxidation sites excluding steroid dienone is 1. The van der Waals surface area contributed by atoms with Gasteiger partial charge in [-0.2, -0.15) is 0 Å². The van der Waals surface area contributed by atoms with Gasteiger partial charge in [0.05, 0.1) is 6.61 Å². The maximum atomic E-state index is 9.17. The third kappa shape index (κ3) is 4.77. The maximum absolute atomic E-state index is 9.17. The van der Waals surface area contributed by atoms with Gasteiger partial charge in [-0.25, -0.2) is 0 Å². The van der Waals surface area contributed by atoms with Crippen LogP contribution in [0.25, 0.3) is 0 Å². The third-order valence-electron chi connectivity index (χ3n) is 2.87. The number of hydrogen-bond donors (Lipinski definition) is 2. The Bertz CT molecular complexity index is 156. The normalized spacial score (nSPS) is 17.9. The van der Waals surface area contributed by atoms with Gasteiger partial charge in [0.1, 0.15) is 0 Å². The summed E-state index contributed by atoms with van der Waals surface area (Å²) in [6.45, 7) is 12.6. The molecule has 2 nitrogen and oxygen atoms in total. The smallest absolute Gasteiger partial charge is 0.0587 e. The van der Waals surface area contributed by atoms with Crippen molar-refractivity contribution in [2.24, 2.45) is 11.8 Å². The molecular formula is C12H25NO. The summed E-state index contributed by atoms with van der Waals surface area (Å²) in [4.78, 5) is 0. The van der Waals surface area contributed by atoms with Crippen LogP contribution >= 0.6 is 0 Å². The molecule has 0 aliphatic rings. The van der Waals surface area contributed by atoms with Gasteiger partial charge in [-0.05, 0) is 25.2 Å². The number of nitrogens with one attached hydrogen (secondary N) is 1. The Balaban J connectivity index is 4.00. The van der Waals surface area contributed by atoms with E-state index >= 15 is 0 Å². The molecule has 0 heterocycles. The van der Waals surface area contributed by atoms with Crippen molar-refractivity contribution in [3.05, 3.63) is 12.7 Å². The summed E-state index contributed by atoms with van der Waals surface area (Å²) in [5, 5.41) is 12.6. The van der Waals surface area contributed by atoms with Crippen molar-refractivity contribution >= 4 is 0 Å². The first-order valence-electron chi connectivity index (χ1n) is 5.50. The van der Waals surface area contributed by atoms with Crippen molar-refractivity contribution in [3.63, 3.8) is 0 Å². The molecule has 0 fully saturated rings. The Kier molecular flexibility index (Phi) is 6.85. The molecule has 84 valence electrons. The van der Waals surface area contributed by atoms with Crippen LogP contribution in [0.1, 0.15) is 34.1 Å². The summed E-state index contributed by atoms with van der Waals surface area (Å²) in [7, 11) is 0. The van der Waals surface area contributed by atoms with E-state index in [9.17, 15) is 5.11 Å². The van der Waals surface area contributed by atoms with Gasteiger partial charge >= 0.3 is 0 Å². The van der Waals surface area contributed by atoms with Crippen molar-refractivity contribution in [3.8, 4) is 0 Å². The lowest BCUT2D eigenvalue weighted by molar-refractivity contribution is 0.190. The molecule has 3 atom stereocenters. The quantitative estimate of drug-likeness (QED) is 0.616. The van der Waals surface area contributed by atoms with Gasteiger partial charge in [0.2, 0.25) is 0 Å². The van der Waals surface area contributed by atoms with E-state index in [0.29, 0.717) is 17.9 Å². The Morgan fingerprint density at radius 3 is 2.21 bits per heavy atom. The summed E-state index contributed by atoms with van der Waals surface area (Å²) < 4.78 is 0. The second kappa shape index (κ2) is 7.02. The molecule has 0 bridgehead atoms. The first kappa shape index (κ1) is 13.7. The van der Waals surface area contributed by atoms with E-state index in [4.69, 9.17) is 0 Å². The maximum Gasteiger partial charge on any atom is 0.0587 e. The molecule has 2 heteroatoms. The molecular weight excluding hydrogens is 174 g/mol. The number of hydrogen-bond acceptors (Lipinski definition) is 2. The molecule has 0 aliphatic heterocycles. The van der Waals surface area contributed by atoms with Crippen LogP contribution in [0.15, 0.2) is 12.7 Å². The average molecular weight is 199 g/mol. The average Bonchev–Trinajstić information content (AvgIpc) is 2.13. The lowest BCUT2D eigenvalue weighted by Gasteiger charge is -2.28. The summed E-state index contributed by atoms with van der Waals surface area (Å²) in [5.41, 5.74) is 0. The number of rotatable bonds is 7. The lowest BCUT2D eigenvalue weighted by atomic mass is 9.97. The minimum absolute atomic E-state index is 0.206. The van der Waals surface area contributed by atoms with Crippen LogP contribution in [0.4, 0.5) is 0 Å². The van der Waals surface area contributed by atoms with Gasteiger partial charge in [0.25, 0.3) is 0 Å². The van der Waals surface area contributed by atoms with E-state index in [1.54, 1.807) is 0 Å². The highest BCUT2D eigenvalue weighted by molar-refractivity contribution is 4.80. The summed E-state index contributed by atoms with van der Waals surface area (Å²) >= 11 is 0. The molecule has 2 unspecified atom stereocenters. The molecule has 0 radical (unpaired) electrons. The second-order valence-electron chi connectivity index (χ2n) is 4.49. The Morgan fingerprint density at radius 1 is 1.29 bits per heavy atom. The van der Waals surface area contributed by atoms with Crippen LogP contribution in [0.3, 0.4) is 0 Å². The van der Waals surface area contributed by atoms with Gasteiger partial charge < -0.3 is 10.4 Å². The van der Waals surface area contributed by atoms with Gasteiger partial charge in [-0.3, -0.25) is 0 Å². The van der Waals surface area contributed by atoms with Crippen LogP contribution in [0.2, 0.25) is 0 Å². The van der Waals surface area contributed by atoms with Gasteiger partial charge in [-0.1, -0.05) is 26.8 Å². The largest absolute Gasteiger partial charge is 0.395 e. The third-order valence-corrected chi connectivity index (χ3v) is 2.87. The van der Waals surface area contributed by atoms with E-state index in [2.05, 4.69) is 39.6 Å². The zero-order chi connectivity index (χ0) is 11.1. The Labute approximate surface area is 88.4 Å². The molecule has 0 amide bonds. The SMILES string of the molecule is C=CCC(C)C(C)N[C@H](CO)C(C)C. The predicted octanol–water partition coefficient (Wildman–Crippen LogP) is 2.19. The van der Waals surface area contributed by atoms with Crippen LogP contribution in [0.5, 0.6) is 0 Å². The van der Waals surface area contributed by atoms with Crippen molar-refractivity contribution in [1.82, 2.24) is 5.32 Å². The molecule has 0 aromatic carbocycles. The standard InChI is InChI=1S/C12H25NO/c1-6-7-10(4)11(5)13-12(8-14)9(2)3/h6,9-14H,1,7-8H2,2-5H3/t10?,11?,12-/m1/s1. The van der Waals surface area contributed by atoms with Gasteiger partial charge in [0.15, 0.2) is 0 Å². The molecule has 0 aliphatic carbocycles. The zero-order valence-electron chi connectivity index (χ0n) is 9.96. The molecule has 0 saturated heterocycles. The van der Waals surface area contributed by atoms with E-state index < -0.39 is 0 Å². The molecule has 0 aromatic heterocycles. The van der Waals surface area contributed by atoms with Crippen molar-refractivity contribution in [2.75, 3.05) is 6.61 Å². The molecule has 0 spiro atoms. The monoisotopic (exact) mass is 199 g/mol. The molecule has 0 rings (SSSR count). The van der Waals surface area contributed by atoms with Crippen molar-refractivity contribution in [2.45, 2.75) is 46.2 Å². The molecule has 14 heavy (non-hydrogen) atoms. The minimum Gasteiger partial charge on any atom is -0.395 e. The highest BCUT2D eigenvalue weighted by Gasteiger charge is 2.17. The fraction of sp³-hybridized carbons (Fsp3) is 0.833. The van der Waals surface area contributed by atoms with E-state index in [1.165, 1.54) is 0 Å². The van der Waals surface area contributed by atoms with Gasteiger partial charge in [0, 0.05) is 12.1 Å². The van der Waals surface area contributed by atoms with Crippen LogP contribution in [-0.2, 0) is 0 Å². The van der Waals surface area contributed by atoms with Crippen LogP contribution < -0.4 is 5.32 Å². The van der Waals surface area contributed by atoms with Crippen LogP contribution in [0, 0.1) is 11.8 Å². The lowest BCUT2D eigenvalue weighted by Crippen LogP contribution is -2.45. The van der Waals surface area contributed by atoms with Gasteiger partial charge in [-0.15, -0.1) is 6.58 Å². The number of aliphatic hydroxyl groups excluding tert-OH is 1. The summed E-state index contributed by atoms with van der Waals surface area (Å²) in [5.74, 6) is 1.04. The van der Waals surface area contributed by atoms with Crippen molar-refractivity contribution in [1.29, 1.82) is 0 Å². The Morgan fingerprint density at radius 2 is 1.86 bits per heavy atom. The van der Waals surface area contributed by atoms with Crippen molar-refractivity contribution < 1.29 is 5.11 Å². The molecule has 0 aromatic rings. The topological polar surface area (TPSA) is 32.3 Å².